The Labute approximate surface area is 177 Å². The molecule has 0 bridgehead atoms. The first-order valence-electron chi connectivity index (χ1n) is 10.2. The van der Waals surface area contributed by atoms with Crippen molar-refractivity contribution in [1.82, 2.24) is 14.1 Å². The van der Waals surface area contributed by atoms with Crippen molar-refractivity contribution in [3.8, 4) is 0 Å². The van der Waals surface area contributed by atoms with Crippen LogP contribution in [-0.4, -0.2) is 32.5 Å². The molecule has 158 valence electrons. The highest BCUT2D eigenvalue weighted by Crippen LogP contribution is 2.38. The lowest BCUT2D eigenvalue weighted by atomic mass is 10.1. The van der Waals surface area contributed by atoms with Gasteiger partial charge in [-0.25, -0.2) is 4.98 Å². The molecule has 3 aromatic heterocycles. The maximum atomic E-state index is 12.7. The number of ether oxygens (including phenoxy) is 1. The molecule has 1 aromatic carbocycles. The zero-order valence-corrected chi connectivity index (χ0v) is 17.3. The first kappa shape index (κ1) is 19.3. The van der Waals surface area contributed by atoms with Crippen LogP contribution in [0.5, 0.6) is 0 Å². The largest absolute Gasteiger partial charge is 0.456 e. The van der Waals surface area contributed by atoms with Crippen molar-refractivity contribution in [2.45, 2.75) is 39.3 Å². The summed E-state index contributed by atoms with van der Waals surface area (Å²) in [7, 11) is 0. The fourth-order valence-corrected chi connectivity index (χ4v) is 4.09. The molecule has 0 amide bonds. The molecule has 4 aromatic rings. The van der Waals surface area contributed by atoms with Gasteiger partial charge in [-0.2, -0.15) is 0 Å². The van der Waals surface area contributed by atoms with E-state index in [4.69, 9.17) is 9.15 Å². The number of ketones is 1. The van der Waals surface area contributed by atoms with Crippen LogP contribution in [0.2, 0.25) is 0 Å². The van der Waals surface area contributed by atoms with Crippen LogP contribution in [-0.2, 0) is 16.1 Å². The molecule has 1 fully saturated rings. The molecular weight excluding hydrogens is 398 g/mol. The minimum atomic E-state index is -0.691. The normalized spacial score (nSPS) is 13.7. The second kappa shape index (κ2) is 7.23. The zero-order valence-electron chi connectivity index (χ0n) is 17.3. The van der Waals surface area contributed by atoms with E-state index in [1.807, 2.05) is 32.0 Å². The number of aromatic nitrogens is 3. The minimum absolute atomic E-state index is 0.0834. The molecule has 5 rings (SSSR count). The molecular formula is C23H21N3O5. The molecule has 0 saturated heterocycles. The predicted molar refractivity (Wildman–Crippen MR) is 113 cm³/mol. The van der Waals surface area contributed by atoms with Gasteiger partial charge < -0.3 is 13.7 Å². The molecule has 3 heterocycles. The van der Waals surface area contributed by atoms with Gasteiger partial charge in [0, 0.05) is 28.4 Å². The molecule has 0 radical (unpaired) electrons. The van der Waals surface area contributed by atoms with Gasteiger partial charge in [0.05, 0.1) is 6.33 Å². The molecule has 1 aliphatic rings. The van der Waals surface area contributed by atoms with Gasteiger partial charge in [-0.05, 0) is 44.9 Å². The second-order valence-electron chi connectivity index (χ2n) is 7.92. The lowest BCUT2D eigenvalue weighted by Gasteiger charge is -2.08. The van der Waals surface area contributed by atoms with Crippen molar-refractivity contribution < 1.29 is 18.7 Å². The van der Waals surface area contributed by atoms with Gasteiger partial charge in [0.2, 0.25) is 11.4 Å². The third-order valence-corrected chi connectivity index (χ3v) is 5.71. The lowest BCUT2D eigenvalue weighted by molar-refractivity contribution is -0.143. The van der Waals surface area contributed by atoms with Gasteiger partial charge in [-0.1, -0.05) is 12.1 Å². The lowest BCUT2D eigenvalue weighted by Crippen LogP contribution is -2.26. The quantitative estimate of drug-likeness (QED) is 0.351. The molecule has 8 heteroatoms. The number of hydrogen-bond donors (Lipinski definition) is 0. The summed E-state index contributed by atoms with van der Waals surface area (Å²) in [6.07, 6.45) is 3.54. The Bertz CT molecular complexity index is 1400. The Kier molecular flexibility index (Phi) is 4.50. The molecule has 31 heavy (non-hydrogen) atoms. The van der Waals surface area contributed by atoms with Crippen LogP contribution < -0.4 is 5.56 Å². The highest BCUT2D eigenvalue weighted by Gasteiger charge is 2.28. The number of hydrogen-bond acceptors (Lipinski definition) is 6. The molecule has 0 unspecified atom stereocenters. The van der Waals surface area contributed by atoms with Gasteiger partial charge in [-0.3, -0.25) is 19.0 Å². The summed E-state index contributed by atoms with van der Waals surface area (Å²) in [5, 5.41) is 0.735. The van der Waals surface area contributed by atoms with Gasteiger partial charge in [0.25, 0.3) is 5.56 Å². The fourth-order valence-electron chi connectivity index (χ4n) is 4.09. The number of para-hydroxylation sites is 1. The van der Waals surface area contributed by atoms with Gasteiger partial charge in [0.15, 0.2) is 6.61 Å². The van der Waals surface area contributed by atoms with Crippen molar-refractivity contribution in [2.75, 3.05) is 6.61 Å². The van der Waals surface area contributed by atoms with Gasteiger partial charge in [0.1, 0.15) is 17.6 Å². The topological polar surface area (TPSA) is 96.3 Å². The van der Waals surface area contributed by atoms with E-state index in [9.17, 15) is 14.4 Å². The maximum absolute atomic E-state index is 12.7. The fraction of sp³-hybridized carbons (Fsp3) is 0.304. The Hall–Kier alpha value is -3.68. The minimum Gasteiger partial charge on any atom is -0.456 e. The number of carbonyl (C=O) groups is 2. The Morgan fingerprint density at radius 1 is 1.23 bits per heavy atom. The van der Waals surface area contributed by atoms with E-state index in [1.165, 1.54) is 6.33 Å². The zero-order chi connectivity index (χ0) is 21.7. The molecule has 1 aliphatic carbocycles. The SMILES string of the molecule is Cc1cc(C(=O)COC(=O)Cn2cnc3c(oc4ccccc43)c2=O)c(C)n1C1CC1. The summed E-state index contributed by atoms with van der Waals surface area (Å²) in [4.78, 5) is 41.8. The smallest absolute Gasteiger partial charge is 0.326 e. The first-order valence-corrected chi connectivity index (χ1v) is 10.2. The molecule has 0 spiro atoms. The summed E-state index contributed by atoms with van der Waals surface area (Å²) in [5.74, 6) is -0.949. The summed E-state index contributed by atoms with van der Waals surface area (Å²) < 4.78 is 14.1. The summed E-state index contributed by atoms with van der Waals surface area (Å²) in [5.41, 5.74) is 3.11. The average Bonchev–Trinajstić information content (AvgIpc) is 3.44. The summed E-state index contributed by atoms with van der Waals surface area (Å²) in [6, 6.07) is 9.52. The van der Waals surface area contributed by atoms with E-state index >= 15 is 0 Å². The number of nitrogens with zero attached hydrogens (tertiary/aromatic N) is 3. The number of Topliss-reactive ketones (excluding diaryl/α,β-unsaturated/α-hetero) is 1. The molecule has 8 nitrogen and oxygen atoms in total. The average molecular weight is 419 g/mol. The van der Waals surface area contributed by atoms with Crippen LogP contribution >= 0.6 is 0 Å². The van der Waals surface area contributed by atoms with Crippen molar-refractivity contribution in [2.24, 2.45) is 0 Å². The van der Waals surface area contributed by atoms with Crippen molar-refractivity contribution in [3.05, 3.63) is 64.0 Å². The van der Waals surface area contributed by atoms with Gasteiger partial charge in [-0.15, -0.1) is 0 Å². The van der Waals surface area contributed by atoms with Crippen LogP contribution in [0.15, 0.2) is 45.9 Å². The number of fused-ring (bicyclic) bond motifs is 3. The number of esters is 1. The highest BCUT2D eigenvalue weighted by atomic mass is 16.5. The second-order valence-corrected chi connectivity index (χ2v) is 7.92. The highest BCUT2D eigenvalue weighted by molar-refractivity contribution is 6.02. The summed E-state index contributed by atoms with van der Waals surface area (Å²) >= 11 is 0. The Morgan fingerprint density at radius 3 is 2.77 bits per heavy atom. The van der Waals surface area contributed by atoms with Gasteiger partial charge >= 0.3 is 5.97 Å². The van der Waals surface area contributed by atoms with E-state index in [0.717, 1.165) is 34.2 Å². The predicted octanol–water partition coefficient (Wildman–Crippen LogP) is 3.32. The number of carbonyl (C=O) groups excluding carboxylic acids is 2. The molecule has 1 saturated carbocycles. The molecule has 0 N–H and O–H groups in total. The van der Waals surface area contributed by atoms with Crippen LogP contribution in [0, 0.1) is 13.8 Å². The van der Waals surface area contributed by atoms with Crippen molar-refractivity contribution in [3.63, 3.8) is 0 Å². The van der Waals surface area contributed by atoms with Crippen LogP contribution in [0.4, 0.5) is 0 Å². The maximum Gasteiger partial charge on any atom is 0.326 e. The van der Waals surface area contributed by atoms with E-state index in [-0.39, 0.29) is 24.5 Å². The number of rotatable bonds is 6. The molecule has 0 atom stereocenters. The standard InChI is InChI=1S/C23H21N3O5/c1-13-9-17(14(2)26(13)15-7-8-15)18(27)11-30-20(28)10-25-12-24-21-16-5-3-4-6-19(16)31-22(21)23(25)29/h3-6,9,12,15H,7-8,10-11H2,1-2H3. The number of aryl methyl sites for hydroxylation is 1. The third kappa shape index (κ3) is 3.34. The number of benzene rings is 1. The monoisotopic (exact) mass is 419 g/mol. The van der Waals surface area contributed by atoms with E-state index in [0.29, 0.717) is 22.7 Å². The summed E-state index contributed by atoms with van der Waals surface area (Å²) in [6.45, 7) is 3.16. The molecule has 0 aliphatic heterocycles. The Morgan fingerprint density at radius 2 is 2.00 bits per heavy atom. The van der Waals surface area contributed by atoms with Crippen molar-refractivity contribution >= 4 is 33.8 Å². The number of furan rings is 1. The van der Waals surface area contributed by atoms with E-state index in [2.05, 4.69) is 9.55 Å². The van der Waals surface area contributed by atoms with Crippen LogP contribution in [0.25, 0.3) is 22.1 Å². The van der Waals surface area contributed by atoms with Crippen LogP contribution in [0.3, 0.4) is 0 Å². The first-order chi connectivity index (χ1) is 14.9. The van der Waals surface area contributed by atoms with Crippen molar-refractivity contribution in [1.29, 1.82) is 0 Å². The van der Waals surface area contributed by atoms with E-state index < -0.39 is 11.5 Å². The Balaban J connectivity index is 1.30. The third-order valence-electron chi connectivity index (χ3n) is 5.71. The van der Waals surface area contributed by atoms with Crippen LogP contribution in [0.1, 0.15) is 40.6 Å². The van der Waals surface area contributed by atoms with E-state index in [1.54, 1.807) is 12.1 Å².